The largest absolute Gasteiger partial charge is 0.396 e. The molecule has 2 unspecified atom stereocenters. The Hall–Kier alpha value is -2.45. The molecule has 27 heavy (non-hydrogen) atoms. The Kier molecular flexibility index (Phi) is 4.61. The summed E-state index contributed by atoms with van der Waals surface area (Å²) in [5.41, 5.74) is 6.50. The van der Waals surface area contributed by atoms with E-state index >= 15 is 0 Å². The second-order valence-electron chi connectivity index (χ2n) is 8.01. The Labute approximate surface area is 161 Å². The molecule has 1 aliphatic heterocycles. The smallest absolute Gasteiger partial charge is 0.221 e. The van der Waals surface area contributed by atoms with Crippen LogP contribution in [0.3, 0.4) is 0 Å². The maximum absolute atomic E-state index is 9.67. The van der Waals surface area contributed by atoms with Gasteiger partial charge in [0, 0.05) is 12.7 Å². The van der Waals surface area contributed by atoms with E-state index in [9.17, 15) is 5.11 Å². The van der Waals surface area contributed by atoms with Crippen molar-refractivity contribution < 1.29 is 9.67 Å². The number of aliphatic hydroxyl groups excluding tert-OH is 1. The Morgan fingerprint density at radius 1 is 1.15 bits per heavy atom. The van der Waals surface area contributed by atoms with Gasteiger partial charge in [-0.25, -0.2) is 0 Å². The minimum atomic E-state index is 0.150. The molecular formula is C25H28NO+. The number of allylic oxidation sites excluding steroid dienone is 1. The van der Waals surface area contributed by atoms with Gasteiger partial charge in [0.15, 0.2) is 12.2 Å². The lowest BCUT2D eigenvalue weighted by Crippen LogP contribution is -2.46. The number of aromatic nitrogens is 1. The molecule has 0 aliphatic carbocycles. The first kappa shape index (κ1) is 17.9. The number of rotatable bonds is 4. The number of hydrogen-bond acceptors (Lipinski definition) is 1. The second-order valence-corrected chi connectivity index (χ2v) is 8.01. The molecule has 4 rings (SSSR count). The van der Waals surface area contributed by atoms with Crippen LogP contribution in [-0.4, -0.2) is 11.7 Å². The van der Waals surface area contributed by atoms with Crippen LogP contribution >= 0.6 is 0 Å². The summed E-state index contributed by atoms with van der Waals surface area (Å²) in [6.07, 6.45) is 4.97. The van der Waals surface area contributed by atoms with Crippen molar-refractivity contribution in [2.24, 2.45) is 0 Å². The quantitative estimate of drug-likeness (QED) is 0.488. The molecule has 2 heterocycles. The van der Waals surface area contributed by atoms with E-state index in [-0.39, 0.29) is 18.6 Å². The summed E-state index contributed by atoms with van der Waals surface area (Å²) >= 11 is 0. The van der Waals surface area contributed by atoms with Crippen LogP contribution in [0.25, 0.3) is 22.0 Å². The first-order chi connectivity index (χ1) is 13.0. The molecule has 2 atom stereocenters. The van der Waals surface area contributed by atoms with Crippen molar-refractivity contribution in [1.29, 1.82) is 0 Å². The zero-order valence-electron chi connectivity index (χ0n) is 16.4. The van der Waals surface area contributed by atoms with E-state index in [1.165, 1.54) is 38.7 Å². The second kappa shape index (κ2) is 6.94. The predicted molar refractivity (Wildman–Crippen MR) is 112 cm³/mol. The monoisotopic (exact) mass is 358 g/mol. The van der Waals surface area contributed by atoms with Gasteiger partial charge in [0.05, 0.1) is 16.9 Å². The summed E-state index contributed by atoms with van der Waals surface area (Å²) in [5.74, 6) is 0.760. The van der Waals surface area contributed by atoms with Crippen molar-refractivity contribution in [1.82, 2.24) is 0 Å². The van der Waals surface area contributed by atoms with E-state index in [0.717, 1.165) is 6.42 Å². The van der Waals surface area contributed by atoms with E-state index in [1.54, 1.807) is 0 Å². The third-order valence-electron chi connectivity index (χ3n) is 5.95. The Morgan fingerprint density at radius 3 is 2.67 bits per heavy atom. The maximum atomic E-state index is 9.67. The van der Waals surface area contributed by atoms with Gasteiger partial charge in [-0.1, -0.05) is 50.3 Å². The summed E-state index contributed by atoms with van der Waals surface area (Å²) < 4.78 is 2.35. The lowest BCUT2D eigenvalue weighted by atomic mass is 9.79. The molecule has 0 bridgehead atoms. The minimum Gasteiger partial charge on any atom is -0.396 e. The van der Waals surface area contributed by atoms with E-state index in [1.807, 2.05) is 6.08 Å². The summed E-state index contributed by atoms with van der Waals surface area (Å²) in [5, 5.41) is 12.2. The van der Waals surface area contributed by atoms with Crippen LogP contribution in [-0.2, 0) is 0 Å². The van der Waals surface area contributed by atoms with Gasteiger partial charge in [-0.15, -0.1) is 0 Å². The molecule has 0 radical (unpaired) electrons. The third kappa shape index (κ3) is 2.89. The van der Waals surface area contributed by atoms with Crippen molar-refractivity contribution in [3.63, 3.8) is 0 Å². The lowest BCUT2D eigenvalue weighted by Gasteiger charge is -2.29. The fraction of sp³-hybridized carbons (Fsp3) is 0.320. The molecule has 0 amide bonds. The molecule has 3 aromatic rings. The molecule has 1 aliphatic rings. The zero-order valence-corrected chi connectivity index (χ0v) is 16.4. The summed E-state index contributed by atoms with van der Waals surface area (Å²) in [7, 11) is 0. The summed E-state index contributed by atoms with van der Waals surface area (Å²) in [4.78, 5) is 0. The van der Waals surface area contributed by atoms with E-state index in [0.29, 0.717) is 5.92 Å². The topological polar surface area (TPSA) is 24.1 Å². The van der Waals surface area contributed by atoms with Gasteiger partial charge in [-0.2, -0.15) is 4.57 Å². The van der Waals surface area contributed by atoms with Gasteiger partial charge in [0.1, 0.15) is 0 Å². The number of pyridine rings is 1. The van der Waals surface area contributed by atoms with Crippen LogP contribution in [0, 0.1) is 6.92 Å². The Morgan fingerprint density at radius 2 is 1.96 bits per heavy atom. The predicted octanol–water partition coefficient (Wildman–Crippen LogP) is 5.43. The number of fused-ring (bicyclic) bond motifs is 5. The van der Waals surface area contributed by atoms with E-state index in [4.69, 9.17) is 0 Å². The van der Waals surface area contributed by atoms with E-state index in [2.05, 4.69) is 80.6 Å². The highest BCUT2D eigenvalue weighted by atomic mass is 16.3. The van der Waals surface area contributed by atoms with Gasteiger partial charge in [0.25, 0.3) is 0 Å². The molecule has 1 aromatic heterocycles. The highest BCUT2D eigenvalue weighted by Crippen LogP contribution is 2.43. The SMILES string of the molecule is C=CC1C(CCO)c2ccc(C)cc2-c2c3ccc(C(C)C)cc3cc[n+]21. The van der Waals surface area contributed by atoms with Crippen LogP contribution in [0.5, 0.6) is 0 Å². The average Bonchev–Trinajstić information content (AvgIpc) is 2.67. The zero-order chi connectivity index (χ0) is 19.1. The molecule has 0 fully saturated rings. The van der Waals surface area contributed by atoms with Crippen molar-refractivity contribution >= 4 is 10.8 Å². The first-order valence-corrected chi connectivity index (χ1v) is 9.87. The number of aliphatic hydroxyl groups is 1. The van der Waals surface area contributed by atoms with Gasteiger partial charge < -0.3 is 5.11 Å². The van der Waals surface area contributed by atoms with Gasteiger partial charge in [-0.3, -0.25) is 0 Å². The molecule has 0 saturated carbocycles. The molecule has 0 saturated heterocycles. The van der Waals surface area contributed by atoms with Crippen LogP contribution in [0.4, 0.5) is 0 Å². The molecule has 0 spiro atoms. The fourth-order valence-corrected chi connectivity index (χ4v) is 4.52. The van der Waals surface area contributed by atoms with Crippen LogP contribution in [0.2, 0.25) is 0 Å². The standard InChI is InChI=1S/C25H28NO/c1-5-24-22(11-13-27)21-8-6-17(4)14-23(21)25-20-9-7-18(16(2)3)15-19(20)10-12-26(24)25/h5-10,12,14-16,22,24,27H,1,11,13H2,2-4H3/q+1. The van der Waals surface area contributed by atoms with Crippen LogP contribution < -0.4 is 4.57 Å². The highest BCUT2D eigenvalue weighted by Gasteiger charge is 2.39. The lowest BCUT2D eigenvalue weighted by molar-refractivity contribution is -0.706. The minimum absolute atomic E-state index is 0.150. The number of benzene rings is 2. The van der Waals surface area contributed by atoms with Crippen molar-refractivity contribution in [2.45, 2.75) is 45.1 Å². The molecule has 2 aromatic carbocycles. The maximum Gasteiger partial charge on any atom is 0.221 e. The number of hydrogen-bond donors (Lipinski definition) is 1. The van der Waals surface area contributed by atoms with E-state index < -0.39 is 0 Å². The molecule has 1 N–H and O–H groups in total. The fourth-order valence-electron chi connectivity index (χ4n) is 4.52. The van der Waals surface area contributed by atoms with Gasteiger partial charge in [0.2, 0.25) is 5.69 Å². The van der Waals surface area contributed by atoms with Crippen LogP contribution in [0.1, 0.15) is 54.8 Å². The normalized spacial score (nSPS) is 18.4. The number of nitrogens with zero attached hydrogens (tertiary/aromatic N) is 1. The summed E-state index contributed by atoms with van der Waals surface area (Å²) in [6.45, 7) is 10.9. The van der Waals surface area contributed by atoms with Crippen molar-refractivity contribution in [3.05, 3.63) is 78.0 Å². The van der Waals surface area contributed by atoms with Gasteiger partial charge >= 0.3 is 0 Å². The number of aryl methyl sites for hydroxylation is 1. The van der Waals surface area contributed by atoms with Crippen LogP contribution in [0.15, 0.2) is 61.3 Å². The Bertz CT molecular complexity index is 1020. The first-order valence-electron chi connectivity index (χ1n) is 9.87. The van der Waals surface area contributed by atoms with Crippen molar-refractivity contribution in [3.8, 4) is 11.3 Å². The van der Waals surface area contributed by atoms with Crippen molar-refractivity contribution in [2.75, 3.05) is 6.61 Å². The highest BCUT2D eigenvalue weighted by molar-refractivity contribution is 5.94. The molecular weight excluding hydrogens is 330 g/mol. The summed E-state index contributed by atoms with van der Waals surface area (Å²) in [6, 6.07) is 15.9. The Balaban J connectivity index is 2.05. The molecule has 138 valence electrons. The average molecular weight is 359 g/mol. The molecule has 2 heteroatoms. The third-order valence-corrected chi connectivity index (χ3v) is 5.95. The molecule has 2 nitrogen and oxygen atoms in total. The van der Waals surface area contributed by atoms with Gasteiger partial charge in [-0.05, 0) is 54.0 Å².